The maximum atomic E-state index is 11.4. The minimum atomic E-state index is -0.778. The van der Waals surface area contributed by atoms with Crippen LogP contribution in [-0.4, -0.2) is 16.4 Å². The Morgan fingerprint density at radius 2 is 1.19 bits per heavy atom. The summed E-state index contributed by atoms with van der Waals surface area (Å²) in [7, 11) is 0. The predicted molar refractivity (Wildman–Crippen MR) is 143 cm³/mol. The molecule has 0 aromatic carbocycles. The maximum absolute atomic E-state index is 11.4. The molecule has 2 atom stereocenters. The lowest BCUT2D eigenvalue weighted by Gasteiger charge is -2.50. The van der Waals surface area contributed by atoms with Crippen LogP contribution in [0.3, 0.4) is 0 Å². The Labute approximate surface area is 201 Å². The van der Waals surface area contributed by atoms with E-state index in [9.17, 15) is 5.11 Å². The van der Waals surface area contributed by atoms with Gasteiger partial charge in [0.2, 0.25) is 0 Å². The van der Waals surface area contributed by atoms with Crippen molar-refractivity contribution in [2.24, 2.45) is 11.3 Å². The highest BCUT2D eigenvalue weighted by Gasteiger charge is 2.50. The molecule has 2 nitrogen and oxygen atoms in total. The standard InChI is InChI=1S/C30H57NO/c1-7-10-12-13-14-15-16-17-18-19-20-21-23-26(22-11-8-2)28-25(4)27(31)24-30(32,9-3)29(28,5)6/h26,31-32H,7-24H2,1-6H3. The summed E-state index contributed by atoms with van der Waals surface area (Å²) < 4.78 is 0. The maximum Gasteiger partial charge on any atom is 0.0788 e. The molecule has 1 aliphatic rings. The SMILES string of the molecule is CCCCCCCCCCCCCCC(CCCC)C1=C(C)C(=N)CC(O)(CC)C1(C)C. The van der Waals surface area contributed by atoms with E-state index in [1.807, 2.05) is 0 Å². The van der Waals surface area contributed by atoms with Crippen molar-refractivity contribution < 1.29 is 5.11 Å². The number of hydrogen-bond acceptors (Lipinski definition) is 2. The van der Waals surface area contributed by atoms with Crippen LogP contribution < -0.4 is 0 Å². The Balaban J connectivity index is 2.52. The van der Waals surface area contributed by atoms with Crippen LogP contribution in [0.15, 0.2) is 11.1 Å². The lowest BCUT2D eigenvalue weighted by atomic mass is 9.57. The first kappa shape index (κ1) is 29.4. The van der Waals surface area contributed by atoms with Gasteiger partial charge in [-0.05, 0) is 37.7 Å². The summed E-state index contributed by atoms with van der Waals surface area (Å²) in [5, 5.41) is 20.0. The fourth-order valence-corrected chi connectivity index (χ4v) is 6.03. The molecule has 32 heavy (non-hydrogen) atoms. The van der Waals surface area contributed by atoms with Gasteiger partial charge in [0.15, 0.2) is 0 Å². The summed E-state index contributed by atoms with van der Waals surface area (Å²) in [4.78, 5) is 0. The van der Waals surface area contributed by atoms with Crippen LogP contribution in [-0.2, 0) is 0 Å². The molecule has 0 aromatic rings. The molecule has 0 saturated heterocycles. The highest BCUT2D eigenvalue weighted by molar-refractivity contribution is 6.00. The quantitative estimate of drug-likeness (QED) is 0.202. The predicted octanol–water partition coefficient (Wildman–Crippen LogP) is 9.79. The lowest BCUT2D eigenvalue weighted by molar-refractivity contribution is -0.0535. The van der Waals surface area contributed by atoms with E-state index in [1.165, 1.54) is 114 Å². The Morgan fingerprint density at radius 1 is 0.750 bits per heavy atom. The van der Waals surface area contributed by atoms with Crippen molar-refractivity contribution in [3.05, 3.63) is 11.1 Å². The average molecular weight is 448 g/mol. The molecule has 0 fully saturated rings. The largest absolute Gasteiger partial charge is 0.389 e. The molecule has 0 heterocycles. The molecule has 0 amide bonds. The second-order valence-electron chi connectivity index (χ2n) is 11.2. The van der Waals surface area contributed by atoms with Crippen molar-refractivity contribution in [2.45, 2.75) is 163 Å². The van der Waals surface area contributed by atoms with Gasteiger partial charge in [-0.15, -0.1) is 0 Å². The second kappa shape index (κ2) is 15.3. The van der Waals surface area contributed by atoms with Crippen molar-refractivity contribution in [3.63, 3.8) is 0 Å². The summed E-state index contributed by atoms with van der Waals surface area (Å²) >= 11 is 0. The van der Waals surface area contributed by atoms with Crippen LogP contribution >= 0.6 is 0 Å². The second-order valence-corrected chi connectivity index (χ2v) is 11.2. The van der Waals surface area contributed by atoms with E-state index in [4.69, 9.17) is 5.41 Å². The highest BCUT2D eigenvalue weighted by atomic mass is 16.3. The van der Waals surface area contributed by atoms with Crippen molar-refractivity contribution in [3.8, 4) is 0 Å². The van der Waals surface area contributed by atoms with Gasteiger partial charge in [0, 0.05) is 17.5 Å². The number of nitrogens with one attached hydrogen (secondary N) is 1. The molecule has 0 bridgehead atoms. The van der Waals surface area contributed by atoms with Crippen LogP contribution in [0.4, 0.5) is 0 Å². The fourth-order valence-electron chi connectivity index (χ4n) is 6.03. The molecule has 1 aliphatic carbocycles. The van der Waals surface area contributed by atoms with Crippen LogP contribution in [0.2, 0.25) is 0 Å². The van der Waals surface area contributed by atoms with Crippen LogP contribution in [0, 0.1) is 16.7 Å². The number of unbranched alkanes of at least 4 members (excludes halogenated alkanes) is 12. The topological polar surface area (TPSA) is 44.1 Å². The van der Waals surface area contributed by atoms with Gasteiger partial charge in [-0.3, -0.25) is 0 Å². The van der Waals surface area contributed by atoms with E-state index in [0.717, 1.165) is 6.42 Å². The Hall–Kier alpha value is -0.630. The zero-order chi connectivity index (χ0) is 24.0. The molecule has 0 radical (unpaired) electrons. The lowest BCUT2D eigenvalue weighted by Crippen LogP contribution is -2.51. The van der Waals surface area contributed by atoms with Crippen molar-refractivity contribution >= 4 is 5.71 Å². The van der Waals surface area contributed by atoms with E-state index < -0.39 is 5.60 Å². The van der Waals surface area contributed by atoms with Crippen LogP contribution in [0.5, 0.6) is 0 Å². The van der Waals surface area contributed by atoms with Gasteiger partial charge in [-0.1, -0.05) is 130 Å². The van der Waals surface area contributed by atoms with Crippen LogP contribution in [0.25, 0.3) is 0 Å². The zero-order valence-corrected chi connectivity index (χ0v) is 22.8. The summed E-state index contributed by atoms with van der Waals surface area (Å²) in [6.07, 6.45) is 22.8. The van der Waals surface area contributed by atoms with E-state index in [1.54, 1.807) is 0 Å². The summed E-state index contributed by atoms with van der Waals surface area (Å²) in [5.41, 5.74) is 2.22. The first-order valence-electron chi connectivity index (χ1n) is 14.3. The molecule has 0 aromatic heterocycles. The monoisotopic (exact) mass is 447 g/mol. The third-order valence-corrected chi connectivity index (χ3v) is 8.47. The molecule has 188 valence electrons. The molecular formula is C30H57NO. The fraction of sp³-hybridized carbons (Fsp3) is 0.900. The van der Waals surface area contributed by atoms with Crippen molar-refractivity contribution in [2.75, 3.05) is 0 Å². The normalized spacial score (nSPS) is 21.9. The molecule has 2 N–H and O–H groups in total. The summed E-state index contributed by atoms with van der Waals surface area (Å²) in [5.74, 6) is 0.520. The summed E-state index contributed by atoms with van der Waals surface area (Å²) in [6, 6.07) is 0. The van der Waals surface area contributed by atoms with Crippen molar-refractivity contribution in [1.82, 2.24) is 0 Å². The average Bonchev–Trinajstić information content (AvgIpc) is 2.76. The smallest absolute Gasteiger partial charge is 0.0788 e. The van der Waals surface area contributed by atoms with E-state index in [0.29, 0.717) is 18.1 Å². The molecule has 0 spiro atoms. The van der Waals surface area contributed by atoms with E-state index in [2.05, 4.69) is 41.5 Å². The number of hydrogen-bond donors (Lipinski definition) is 2. The molecule has 0 saturated carbocycles. The van der Waals surface area contributed by atoms with Gasteiger partial charge < -0.3 is 10.5 Å². The molecular weight excluding hydrogens is 390 g/mol. The van der Waals surface area contributed by atoms with Crippen molar-refractivity contribution in [1.29, 1.82) is 5.41 Å². The van der Waals surface area contributed by atoms with Gasteiger partial charge in [0.25, 0.3) is 0 Å². The van der Waals surface area contributed by atoms with Gasteiger partial charge in [-0.25, -0.2) is 0 Å². The van der Waals surface area contributed by atoms with Crippen LogP contribution in [0.1, 0.15) is 157 Å². The summed E-state index contributed by atoms with van der Waals surface area (Å²) in [6.45, 7) is 13.3. The first-order valence-corrected chi connectivity index (χ1v) is 14.3. The van der Waals surface area contributed by atoms with E-state index in [-0.39, 0.29) is 5.41 Å². The minimum Gasteiger partial charge on any atom is -0.389 e. The first-order chi connectivity index (χ1) is 15.2. The van der Waals surface area contributed by atoms with Gasteiger partial charge >= 0.3 is 0 Å². The highest BCUT2D eigenvalue weighted by Crippen LogP contribution is 2.52. The number of allylic oxidation sites excluding steroid dienone is 1. The number of aliphatic hydroxyl groups is 1. The Bertz CT molecular complexity index is 561. The van der Waals surface area contributed by atoms with Gasteiger partial charge in [0.05, 0.1) is 5.60 Å². The third-order valence-electron chi connectivity index (χ3n) is 8.47. The van der Waals surface area contributed by atoms with Gasteiger partial charge in [-0.2, -0.15) is 0 Å². The molecule has 2 unspecified atom stereocenters. The molecule has 2 heteroatoms. The van der Waals surface area contributed by atoms with Gasteiger partial charge in [0.1, 0.15) is 0 Å². The van der Waals surface area contributed by atoms with E-state index >= 15 is 0 Å². The minimum absolute atomic E-state index is 0.244. The Kier molecular flexibility index (Phi) is 14.1. The Morgan fingerprint density at radius 3 is 1.66 bits per heavy atom. The number of rotatable bonds is 18. The molecule has 1 rings (SSSR count). The molecule has 0 aliphatic heterocycles. The third kappa shape index (κ3) is 8.62. The zero-order valence-electron chi connectivity index (χ0n) is 22.8.